The summed E-state index contributed by atoms with van der Waals surface area (Å²) in [4.78, 5) is 0. The van der Waals surface area contributed by atoms with Crippen LogP contribution in [-0.2, 0) is 6.54 Å². The highest BCUT2D eigenvalue weighted by Gasteiger charge is 2.16. The lowest BCUT2D eigenvalue weighted by Crippen LogP contribution is -2.08. The molecule has 100 valence electrons. The van der Waals surface area contributed by atoms with Crippen LogP contribution in [0.5, 0.6) is 5.75 Å². The highest BCUT2D eigenvalue weighted by molar-refractivity contribution is 5.91. The third-order valence-electron chi connectivity index (χ3n) is 4.14. The summed E-state index contributed by atoms with van der Waals surface area (Å²) < 4.78 is 6.06. The number of hydrogen-bond acceptors (Lipinski definition) is 2. The number of benzene rings is 2. The van der Waals surface area contributed by atoms with Crippen molar-refractivity contribution in [2.75, 3.05) is 6.61 Å². The summed E-state index contributed by atoms with van der Waals surface area (Å²) in [5.74, 6) is 1.74. The first kappa shape index (κ1) is 12.5. The van der Waals surface area contributed by atoms with Crippen LogP contribution in [-0.4, -0.2) is 6.61 Å². The Morgan fingerprint density at radius 3 is 2.47 bits per heavy atom. The zero-order chi connectivity index (χ0) is 13.1. The van der Waals surface area contributed by atoms with Gasteiger partial charge in [0.05, 0.1) is 6.61 Å². The number of fused-ring (bicyclic) bond motifs is 1. The maximum Gasteiger partial charge on any atom is 0.127 e. The second-order valence-corrected chi connectivity index (χ2v) is 5.43. The third-order valence-corrected chi connectivity index (χ3v) is 4.14. The maximum atomic E-state index is 6.06. The average Bonchev–Trinajstić information content (AvgIpc) is 2.98. The minimum Gasteiger partial charge on any atom is -0.493 e. The Balaban J connectivity index is 1.86. The fraction of sp³-hybridized carbons (Fsp3) is 0.412. The molecule has 2 N–H and O–H groups in total. The first-order valence-electron chi connectivity index (χ1n) is 7.22. The lowest BCUT2D eigenvalue weighted by molar-refractivity contribution is 0.255. The van der Waals surface area contributed by atoms with Crippen molar-refractivity contribution in [3.63, 3.8) is 0 Å². The summed E-state index contributed by atoms with van der Waals surface area (Å²) in [5, 5.41) is 2.40. The molecule has 0 spiro atoms. The molecule has 0 amide bonds. The Labute approximate surface area is 114 Å². The Kier molecular flexibility index (Phi) is 3.69. The van der Waals surface area contributed by atoms with Crippen molar-refractivity contribution in [2.24, 2.45) is 11.7 Å². The summed E-state index contributed by atoms with van der Waals surface area (Å²) in [6, 6.07) is 12.5. The van der Waals surface area contributed by atoms with Crippen LogP contribution in [0.2, 0.25) is 0 Å². The fourth-order valence-electron chi connectivity index (χ4n) is 3.02. The molecule has 1 saturated carbocycles. The molecule has 19 heavy (non-hydrogen) atoms. The molecule has 0 bridgehead atoms. The van der Waals surface area contributed by atoms with Crippen molar-refractivity contribution in [3.8, 4) is 5.75 Å². The van der Waals surface area contributed by atoms with Crippen LogP contribution in [0, 0.1) is 5.92 Å². The van der Waals surface area contributed by atoms with E-state index in [9.17, 15) is 0 Å². The van der Waals surface area contributed by atoms with Crippen LogP contribution in [0.1, 0.15) is 31.2 Å². The molecule has 1 aliphatic carbocycles. The third kappa shape index (κ3) is 2.59. The van der Waals surface area contributed by atoms with E-state index in [1.54, 1.807) is 0 Å². The summed E-state index contributed by atoms with van der Waals surface area (Å²) in [7, 11) is 0. The van der Waals surface area contributed by atoms with Crippen LogP contribution in [0.4, 0.5) is 0 Å². The molecule has 2 aromatic carbocycles. The smallest absolute Gasteiger partial charge is 0.127 e. The molecule has 0 aromatic heterocycles. The highest BCUT2D eigenvalue weighted by Crippen LogP contribution is 2.30. The van der Waals surface area contributed by atoms with Gasteiger partial charge in [-0.25, -0.2) is 0 Å². The van der Waals surface area contributed by atoms with Gasteiger partial charge in [-0.1, -0.05) is 43.2 Å². The van der Waals surface area contributed by atoms with Gasteiger partial charge in [-0.05, 0) is 35.8 Å². The molecule has 0 radical (unpaired) electrons. The highest BCUT2D eigenvalue weighted by atomic mass is 16.5. The summed E-state index contributed by atoms with van der Waals surface area (Å²) in [6.07, 6.45) is 5.36. The predicted octanol–water partition coefficient (Wildman–Crippen LogP) is 3.87. The molecule has 2 heteroatoms. The lowest BCUT2D eigenvalue weighted by atomic mass is 10.0. The van der Waals surface area contributed by atoms with Crippen LogP contribution in [0.15, 0.2) is 36.4 Å². The first-order valence-corrected chi connectivity index (χ1v) is 7.22. The number of ether oxygens (including phenoxy) is 1. The van der Waals surface area contributed by atoms with Gasteiger partial charge in [-0.2, -0.15) is 0 Å². The predicted molar refractivity (Wildman–Crippen MR) is 79.3 cm³/mol. The van der Waals surface area contributed by atoms with Gasteiger partial charge in [-0.15, -0.1) is 0 Å². The van der Waals surface area contributed by atoms with E-state index in [4.69, 9.17) is 10.5 Å². The van der Waals surface area contributed by atoms with Crippen molar-refractivity contribution in [1.82, 2.24) is 0 Å². The fourth-order valence-corrected chi connectivity index (χ4v) is 3.02. The van der Waals surface area contributed by atoms with Gasteiger partial charge in [0.1, 0.15) is 5.75 Å². The van der Waals surface area contributed by atoms with Gasteiger partial charge in [0.2, 0.25) is 0 Å². The zero-order valence-corrected chi connectivity index (χ0v) is 11.3. The molecule has 2 nitrogen and oxygen atoms in total. The van der Waals surface area contributed by atoms with E-state index in [0.717, 1.165) is 18.3 Å². The van der Waals surface area contributed by atoms with Crippen molar-refractivity contribution in [3.05, 3.63) is 42.0 Å². The second kappa shape index (κ2) is 5.62. The van der Waals surface area contributed by atoms with E-state index in [2.05, 4.69) is 36.4 Å². The molecule has 2 aromatic rings. The van der Waals surface area contributed by atoms with Crippen LogP contribution in [0.3, 0.4) is 0 Å². The number of rotatable bonds is 4. The molecule has 0 unspecified atom stereocenters. The molecule has 1 fully saturated rings. The monoisotopic (exact) mass is 255 g/mol. The van der Waals surface area contributed by atoms with Gasteiger partial charge in [0.15, 0.2) is 0 Å². The van der Waals surface area contributed by atoms with Crippen molar-refractivity contribution in [1.29, 1.82) is 0 Å². The Morgan fingerprint density at radius 2 is 1.74 bits per heavy atom. The van der Waals surface area contributed by atoms with Crippen LogP contribution >= 0.6 is 0 Å². The number of hydrogen-bond donors (Lipinski definition) is 1. The van der Waals surface area contributed by atoms with Gasteiger partial charge in [-0.3, -0.25) is 0 Å². The van der Waals surface area contributed by atoms with E-state index in [-0.39, 0.29) is 0 Å². The quantitative estimate of drug-likeness (QED) is 0.900. The summed E-state index contributed by atoms with van der Waals surface area (Å²) in [6.45, 7) is 1.43. The van der Waals surface area contributed by atoms with Crippen molar-refractivity contribution >= 4 is 10.8 Å². The Morgan fingerprint density at radius 1 is 1.00 bits per heavy atom. The van der Waals surface area contributed by atoms with Gasteiger partial charge in [0.25, 0.3) is 0 Å². The molecular weight excluding hydrogens is 234 g/mol. The normalized spacial score (nSPS) is 16.1. The Bertz CT molecular complexity index is 558. The Hall–Kier alpha value is -1.54. The zero-order valence-electron chi connectivity index (χ0n) is 11.3. The van der Waals surface area contributed by atoms with E-state index >= 15 is 0 Å². The second-order valence-electron chi connectivity index (χ2n) is 5.43. The number of nitrogens with two attached hydrogens (primary N) is 1. The molecule has 1 aliphatic rings. The SMILES string of the molecule is NCc1ccc(OCC2CCCC2)c2ccccc12. The molecule has 3 rings (SSSR count). The molecular formula is C17H21NO. The van der Waals surface area contributed by atoms with E-state index < -0.39 is 0 Å². The van der Waals surface area contributed by atoms with E-state index in [1.165, 1.54) is 42.0 Å². The summed E-state index contributed by atoms with van der Waals surface area (Å²) >= 11 is 0. The minimum absolute atomic E-state index is 0.573. The maximum absolute atomic E-state index is 6.06. The van der Waals surface area contributed by atoms with Crippen LogP contribution in [0.25, 0.3) is 10.8 Å². The largest absolute Gasteiger partial charge is 0.493 e. The minimum atomic E-state index is 0.573. The summed E-state index contributed by atoms with van der Waals surface area (Å²) in [5.41, 5.74) is 6.98. The van der Waals surface area contributed by atoms with Crippen molar-refractivity contribution in [2.45, 2.75) is 32.2 Å². The molecule has 0 saturated heterocycles. The van der Waals surface area contributed by atoms with Gasteiger partial charge >= 0.3 is 0 Å². The van der Waals surface area contributed by atoms with E-state index in [0.29, 0.717) is 6.54 Å². The topological polar surface area (TPSA) is 35.2 Å². The standard InChI is InChI=1S/C17H21NO/c18-11-14-9-10-17(16-8-4-3-7-15(14)16)19-12-13-5-1-2-6-13/h3-4,7-10,13H,1-2,5-6,11-12,18H2. The van der Waals surface area contributed by atoms with Crippen molar-refractivity contribution < 1.29 is 4.74 Å². The lowest BCUT2D eigenvalue weighted by Gasteiger charge is -2.14. The van der Waals surface area contributed by atoms with Gasteiger partial charge in [0, 0.05) is 11.9 Å². The molecule has 0 heterocycles. The van der Waals surface area contributed by atoms with Gasteiger partial charge < -0.3 is 10.5 Å². The molecule has 0 atom stereocenters. The van der Waals surface area contributed by atoms with Crippen LogP contribution < -0.4 is 10.5 Å². The molecule has 0 aliphatic heterocycles. The first-order chi connectivity index (χ1) is 9.38. The van der Waals surface area contributed by atoms with E-state index in [1.807, 2.05) is 0 Å². The average molecular weight is 255 g/mol.